The van der Waals surface area contributed by atoms with E-state index in [1.54, 1.807) is 0 Å². The second kappa shape index (κ2) is 14.3. The highest BCUT2D eigenvalue weighted by atomic mass is 16.4. The van der Waals surface area contributed by atoms with E-state index in [0.717, 1.165) is 18.2 Å². The van der Waals surface area contributed by atoms with Gasteiger partial charge in [-0.1, -0.05) is 12.2 Å². The maximum absolute atomic E-state index is 10.8. The highest BCUT2D eigenvalue weighted by molar-refractivity contribution is 6.09. The van der Waals surface area contributed by atoms with E-state index in [1.807, 2.05) is 12.2 Å². The van der Waals surface area contributed by atoms with Gasteiger partial charge in [0.05, 0.1) is 50.8 Å². The molecule has 2 aromatic carbocycles. The predicted octanol–water partition coefficient (Wildman–Crippen LogP) is 1.85. The Morgan fingerprint density at radius 1 is 0.413 bits per heavy atom. The van der Waals surface area contributed by atoms with Crippen LogP contribution in [0.1, 0.15) is 78.9 Å². The van der Waals surface area contributed by atoms with Gasteiger partial charge in [0.15, 0.2) is 0 Å². The van der Waals surface area contributed by atoms with Crippen molar-refractivity contribution in [1.29, 1.82) is 0 Å². The Hall–Kier alpha value is -6.59. The van der Waals surface area contributed by atoms with Crippen molar-refractivity contribution in [2.24, 2.45) is 23.7 Å². The number of carbonyl (C=O) groups is 9. The molecule has 0 radical (unpaired) electrons. The molecule has 46 heavy (non-hydrogen) atoms. The van der Waals surface area contributed by atoms with Crippen LogP contribution in [-0.4, -0.2) is 99.7 Å². The van der Waals surface area contributed by atoms with E-state index in [-0.39, 0.29) is 17.4 Å². The second-order valence-corrected chi connectivity index (χ2v) is 9.52. The van der Waals surface area contributed by atoms with Gasteiger partial charge in [0.1, 0.15) is 0 Å². The van der Waals surface area contributed by atoms with Crippen LogP contribution >= 0.6 is 0 Å². The number of carboxylic acid groups (broad SMARTS) is 9. The maximum Gasteiger partial charge on any atom is 0.336 e. The average Bonchev–Trinajstić information content (AvgIpc) is 3.59. The van der Waals surface area contributed by atoms with Gasteiger partial charge in [0.25, 0.3) is 0 Å². The van der Waals surface area contributed by atoms with Crippen molar-refractivity contribution in [3.63, 3.8) is 0 Å². The minimum atomic E-state index is -1.66. The Bertz CT molecular complexity index is 1570. The fraction of sp³-hybridized carbons (Fsp3) is 0.179. The summed E-state index contributed by atoms with van der Waals surface area (Å²) >= 11 is 0. The average molecular weight is 646 g/mol. The molecule has 4 unspecified atom stereocenters. The predicted molar refractivity (Wildman–Crippen MR) is 145 cm³/mol. The lowest BCUT2D eigenvalue weighted by Crippen LogP contribution is -2.32. The van der Waals surface area contributed by atoms with Crippen LogP contribution in [-0.2, 0) is 9.59 Å². The van der Waals surface area contributed by atoms with E-state index >= 15 is 0 Å². The minimum absolute atomic E-state index is 0.0661. The Balaban J connectivity index is 0.000000243. The molecule has 2 aliphatic rings. The zero-order valence-electron chi connectivity index (χ0n) is 22.8. The minimum Gasteiger partial charge on any atom is -0.481 e. The number of aromatic carboxylic acids is 7. The number of allylic oxidation sites excluding steroid dienone is 2. The molecular weight excluding hydrogens is 624 g/mol. The molecule has 18 heteroatoms. The van der Waals surface area contributed by atoms with Crippen molar-refractivity contribution in [2.75, 3.05) is 0 Å². The molecule has 1 saturated carbocycles. The first-order valence-corrected chi connectivity index (χ1v) is 12.4. The van der Waals surface area contributed by atoms with Crippen LogP contribution in [0.15, 0.2) is 42.5 Å². The first-order valence-electron chi connectivity index (χ1n) is 12.4. The van der Waals surface area contributed by atoms with Crippen molar-refractivity contribution in [3.8, 4) is 0 Å². The fourth-order valence-electron chi connectivity index (χ4n) is 4.84. The van der Waals surface area contributed by atoms with Gasteiger partial charge < -0.3 is 46.0 Å². The molecule has 0 aliphatic heterocycles. The van der Waals surface area contributed by atoms with Gasteiger partial charge in [-0.15, -0.1) is 0 Å². The molecule has 18 nitrogen and oxygen atoms in total. The van der Waals surface area contributed by atoms with Gasteiger partial charge in [-0.25, -0.2) is 33.6 Å². The first kappa shape index (κ1) is 35.6. The van der Waals surface area contributed by atoms with Crippen LogP contribution in [0.25, 0.3) is 0 Å². The smallest absolute Gasteiger partial charge is 0.336 e. The van der Waals surface area contributed by atoms with E-state index in [2.05, 4.69) is 0 Å². The molecule has 4 rings (SSSR count). The molecule has 1 fully saturated rings. The number of benzene rings is 2. The number of fused-ring (bicyclic) bond motifs is 2. The molecule has 242 valence electrons. The van der Waals surface area contributed by atoms with E-state index in [1.165, 1.54) is 0 Å². The van der Waals surface area contributed by atoms with Crippen molar-refractivity contribution in [1.82, 2.24) is 0 Å². The van der Waals surface area contributed by atoms with Gasteiger partial charge in [-0.05, 0) is 48.6 Å². The van der Waals surface area contributed by atoms with Crippen LogP contribution in [0.5, 0.6) is 0 Å². The highest BCUT2D eigenvalue weighted by Gasteiger charge is 2.51. The third-order valence-electron chi connectivity index (χ3n) is 6.84. The third kappa shape index (κ3) is 7.86. The molecule has 4 atom stereocenters. The Morgan fingerprint density at radius 2 is 0.717 bits per heavy atom. The van der Waals surface area contributed by atoms with Crippen LogP contribution < -0.4 is 0 Å². The Kier molecular flexibility index (Phi) is 11.0. The molecule has 0 spiro atoms. The lowest BCUT2D eigenvalue weighted by Gasteiger charge is -2.20. The molecule has 2 aromatic rings. The second-order valence-electron chi connectivity index (χ2n) is 9.52. The Labute approximate surface area is 254 Å². The summed E-state index contributed by atoms with van der Waals surface area (Å²) in [4.78, 5) is 96.5. The van der Waals surface area contributed by atoms with Gasteiger partial charge >= 0.3 is 53.7 Å². The van der Waals surface area contributed by atoms with Crippen molar-refractivity contribution in [3.05, 3.63) is 81.4 Å². The summed E-state index contributed by atoms with van der Waals surface area (Å²) in [5.41, 5.74) is -4.39. The summed E-state index contributed by atoms with van der Waals surface area (Å²) in [6.07, 6.45) is 4.36. The number of rotatable bonds is 9. The lowest BCUT2D eigenvalue weighted by atomic mass is 9.83. The van der Waals surface area contributed by atoms with Crippen LogP contribution in [0, 0.1) is 23.7 Å². The first-order chi connectivity index (χ1) is 21.3. The van der Waals surface area contributed by atoms with E-state index < -0.39 is 98.9 Å². The quantitative estimate of drug-likeness (QED) is 0.175. The third-order valence-corrected chi connectivity index (χ3v) is 6.84. The number of aliphatic carboxylic acids is 2. The summed E-state index contributed by atoms with van der Waals surface area (Å²) in [5, 5.41) is 78.6. The van der Waals surface area contributed by atoms with E-state index in [4.69, 9.17) is 46.0 Å². The fourth-order valence-corrected chi connectivity index (χ4v) is 4.84. The molecular formula is C28H22O18. The van der Waals surface area contributed by atoms with Gasteiger partial charge in [-0.3, -0.25) is 9.59 Å². The van der Waals surface area contributed by atoms with Gasteiger partial charge in [0, 0.05) is 0 Å². The summed E-state index contributed by atoms with van der Waals surface area (Å²) in [6, 6.07) is 3.83. The van der Waals surface area contributed by atoms with Crippen molar-refractivity contribution in [2.45, 2.75) is 6.42 Å². The zero-order valence-corrected chi connectivity index (χ0v) is 22.8. The molecule has 0 aromatic heterocycles. The van der Waals surface area contributed by atoms with E-state index in [9.17, 15) is 43.2 Å². The topological polar surface area (TPSA) is 336 Å². The van der Waals surface area contributed by atoms with Crippen LogP contribution in [0.4, 0.5) is 0 Å². The summed E-state index contributed by atoms with van der Waals surface area (Å²) in [5.74, 6) is -14.4. The molecule has 0 saturated heterocycles. The zero-order chi connectivity index (χ0) is 35.2. The normalized spacial score (nSPS) is 18.5. The standard InChI is InChI=1S/C10H6O8.C9H6O6.C9H10O4/c11-7(12)3-1-4(8(13)14)6(10(17)18)2-5(3)9(15)16;10-7(11)4-1-2-5(8(12)13)6(3-4)9(14)15;10-8(11)6-4-1-2-5(3-4)7(6)9(12)13/h1-2H,(H,11,12)(H,13,14)(H,15,16)(H,17,18);1-3H,(H,10,11)(H,12,13)(H,14,15);1-2,4-7H,3H2,(H,10,11)(H,12,13). The summed E-state index contributed by atoms with van der Waals surface area (Å²) in [6.45, 7) is 0. The summed E-state index contributed by atoms with van der Waals surface area (Å²) in [7, 11) is 0. The number of carboxylic acids is 9. The monoisotopic (exact) mass is 646 g/mol. The van der Waals surface area contributed by atoms with Crippen molar-refractivity contribution >= 4 is 53.7 Å². The molecule has 0 heterocycles. The number of hydrogen-bond acceptors (Lipinski definition) is 9. The molecule has 9 N–H and O–H groups in total. The van der Waals surface area contributed by atoms with Crippen LogP contribution in [0.3, 0.4) is 0 Å². The number of hydrogen-bond donors (Lipinski definition) is 9. The summed E-state index contributed by atoms with van der Waals surface area (Å²) < 4.78 is 0. The van der Waals surface area contributed by atoms with E-state index in [0.29, 0.717) is 18.6 Å². The van der Waals surface area contributed by atoms with Crippen LogP contribution in [0.2, 0.25) is 0 Å². The van der Waals surface area contributed by atoms with Gasteiger partial charge in [-0.2, -0.15) is 0 Å². The lowest BCUT2D eigenvalue weighted by molar-refractivity contribution is -0.154. The molecule has 0 amide bonds. The maximum atomic E-state index is 10.8. The van der Waals surface area contributed by atoms with Crippen molar-refractivity contribution < 1.29 is 89.1 Å². The SMILES string of the molecule is O=C(O)C1C2C=CC(C2)C1C(=O)O.O=C(O)c1cc(C(=O)O)c(C(=O)O)cc1C(=O)O.O=C(O)c1ccc(C(=O)O)c(C(=O)O)c1. The molecule has 2 bridgehead atoms. The molecule has 2 aliphatic carbocycles. The van der Waals surface area contributed by atoms with Gasteiger partial charge in [0.2, 0.25) is 0 Å². The largest absolute Gasteiger partial charge is 0.481 e. The highest BCUT2D eigenvalue weighted by Crippen LogP contribution is 2.48. The Morgan fingerprint density at radius 3 is 0.978 bits per heavy atom.